The summed E-state index contributed by atoms with van der Waals surface area (Å²) in [5.74, 6) is 0. The Morgan fingerprint density at radius 3 is 2.00 bits per heavy atom. The van der Waals surface area contributed by atoms with Crippen molar-refractivity contribution in [3.8, 4) is 0 Å². The fourth-order valence-corrected chi connectivity index (χ4v) is 7.22. The van der Waals surface area contributed by atoms with E-state index in [1.54, 1.807) is 0 Å². The van der Waals surface area contributed by atoms with Crippen LogP contribution in [0.2, 0.25) is 4.47 Å². The summed E-state index contributed by atoms with van der Waals surface area (Å²) in [5.41, 5.74) is 1.45. The molecule has 0 unspecified atom stereocenters. The van der Waals surface area contributed by atoms with E-state index in [4.69, 9.17) is 0 Å². The van der Waals surface area contributed by atoms with Gasteiger partial charge in [-0.25, -0.2) is 0 Å². The molecule has 0 atom stereocenters. The fraction of sp³-hybridized carbons (Fsp3) is 0.143. The maximum absolute atomic E-state index is 3.91. The minimum absolute atomic E-state index is 1.19. The molecule has 0 spiro atoms. The molecule has 0 saturated heterocycles. The van der Waals surface area contributed by atoms with Gasteiger partial charge in [0.15, 0.2) is 0 Å². The molecular weight excluding hydrogens is 376 g/mol. The SMILES string of the molecule is Br[Te](CCc1ccccc1)c1ccccc1. The first-order valence-corrected chi connectivity index (χ1v) is 13.4. The number of rotatable bonds is 4. The Kier molecular flexibility index (Phi) is 4.90. The van der Waals surface area contributed by atoms with E-state index in [9.17, 15) is 0 Å². The van der Waals surface area contributed by atoms with Gasteiger partial charge in [-0.2, -0.15) is 0 Å². The average Bonchev–Trinajstić information content (AvgIpc) is 2.38. The molecule has 16 heavy (non-hydrogen) atoms. The summed E-state index contributed by atoms with van der Waals surface area (Å²) in [6.07, 6.45) is 1.19. The van der Waals surface area contributed by atoms with Crippen molar-refractivity contribution in [1.29, 1.82) is 0 Å². The Balaban J connectivity index is 1.92. The van der Waals surface area contributed by atoms with Crippen LogP contribution in [0.3, 0.4) is 0 Å². The second kappa shape index (κ2) is 6.45. The minimum atomic E-state index is -1.22. The summed E-state index contributed by atoms with van der Waals surface area (Å²) in [5, 5.41) is 0. The van der Waals surface area contributed by atoms with E-state index in [1.165, 1.54) is 20.1 Å². The van der Waals surface area contributed by atoms with Crippen molar-refractivity contribution < 1.29 is 0 Å². The average molecular weight is 390 g/mol. The fourth-order valence-electron chi connectivity index (χ4n) is 1.54. The van der Waals surface area contributed by atoms with Gasteiger partial charge in [0.2, 0.25) is 0 Å². The Hall–Kier alpha value is -0.290. The van der Waals surface area contributed by atoms with Crippen LogP contribution in [-0.4, -0.2) is 17.3 Å². The first-order valence-electron chi connectivity index (χ1n) is 5.32. The molecule has 0 aliphatic rings. The standard InChI is InChI=1S/C14H14BrTe/c15-16(14-9-5-2-6-10-14)12-11-13-7-3-1-4-8-13/h1-10H,11-12H2. The monoisotopic (exact) mass is 391 g/mol. The molecule has 2 heteroatoms. The van der Waals surface area contributed by atoms with Gasteiger partial charge >= 0.3 is 111 Å². The van der Waals surface area contributed by atoms with Crippen LogP contribution in [0.1, 0.15) is 5.56 Å². The van der Waals surface area contributed by atoms with Crippen LogP contribution >= 0.6 is 12.8 Å². The molecule has 0 heterocycles. The molecule has 83 valence electrons. The van der Waals surface area contributed by atoms with Gasteiger partial charge in [-0.15, -0.1) is 0 Å². The van der Waals surface area contributed by atoms with Gasteiger partial charge in [0.25, 0.3) is 0 Å². The van der Waals surface area contributed by atoms with E-state index in [2.05, 4.69) is 73.4 Å². The molecule has 0 fully saturated rings. The molecule has 0 aliphatic carbocycles. The third-order valence-corrected chi connectivity index (χ3v) is 10.9. The van der Waals surface area contributed by atoms with Crippen molar-refractivity contribution in [2.45, 2.75) is 10.9 Å². The predicted molar refractivity (Wildman–Crippen MR) is 75.7 cm³/mol. The number of benzene rings is 2. The summed E-state index contributed by atoms with van der Waals surface area (Å²) in [6, 6.07) is 21.6. The third-order valence-electron chi connectivity index (χ3n) is 2.41. The Bertz CT molecular complexity index is 413. The van der Waals surface area contributed by atoms with Crippen LogP contribution in [0, 0.1) is 0 Å². The van der Waals surface area contributed by atoms with Crippen molar-refractivity contribution in [2.24, 2.45) is 0 Å². The number of hydrogen-bond acceptors (Lipinski definition) is 0. The van der Waals surface area contributed by atoms with Crippen molar-refractivity contribution >= 4 is 33.7 Å². The van der Waals surface area contributed by atoms with Crippen LogP contribution in [0.5, 0.6) is 0 Å². The Morgan fingerprint density at radius 2 is 1.38 bits per heavy atom. The van der Waals surface area contributed by atoms with E-state index < -0.39 is 17.3 Å². The number of halogens is 1. The summed E-state index contributed by atoms with van der Waals surface area (Å²) < 4.78 is 2.83. The summed E-state index contributed by atoms with van der Waals surface area (Å²) in [4.78, 5) is 0. The molecule has 0 bridgehead atoms. The Labute approximate surface area is 110 Å². The molecule has 0 aliphatic heterocycles. The second-order valence-electron chi connectivity index (χ2n) is 3.58. The van der Waals surface area contributed by atoms with Crippen LogP contribution in [0.15, 0.2) is 60.7 Å². The molecule has 2 aromatic carbocycles. The quantitative estimate of drug-likeness (QED) is 0.702. The van der Waals surface area contributed by atoms with Crippen molar-refractivity contribution in [3.63, 3.8) is 0 Å². The second-order valence-corrected chi connectivity index (χ2v) is 13.2. The molecular formula is C14H14BrTe. The van der Waals surface area contributed by atoms with Gasteiger partial charge in [0, 0.05) is 0 Å². The van der Waals surface area contributed by atoms with Gasteiger partial charge < -0.3 is 0 Å². The molecule has 0 N–H and O–H groups in total. The van der Waals surface area contributed by atoms with E-state index in [0.29, 0.717) is 0 Å². The van der Waals surface area contributed by atoms with Gasteiger partial charge in [-0.1, -0.05) is 0 Å². The van der Waals surface area contributed by atoms with Crippen LogP contribution in [0.4, 0.5) is 0 Å². The third kappa shape index (κ3) is 3.63. The molecule has 0 aromatic heterocycles. The normalized spacial score (nSPS) is 10.6. The first kappa shape index (κ1) is 12.2. The van der Waals surface area contributed by atoms with E-state index in [1.807, 2.05) is 0 Å². The molecule has 1 radical (unpaired) electrons. The molecule has 2 aromatic rings. The molecule has 0 nitrogen and oxygen atoms in total. The molecule has 0 saturated carbocycles. The van der Waals surface area contributed by atoms with Crippen molar-refractivity contribution in [1.82, 2.24) is 0 Å². The number of hydrogen-bond donors (Lipinski definition) is 0. The van der Waals surface area contributed by atoms with Crippen LogP contribution in [-0.2, 0) is 6.42 Å². The summed E-state index contributed by atoms with van der Waals surface area (Å²) >= 11 is 2.69. The van der Waals surface area contributed by atoms with Crippen LogP contribution < -0.4 is 3.61 Å². The summed E-state index contributed by atoms with van der Waals surface area (Å²) in [6.45, 7) is 0. The zero-order valence-electron chi connectivity index (χ0n) is 8.97. The van der Waals surface area contributed by atoms with Gasteiger partial charge in [0.05, 0.1) is 0 Å². The number of aryl methyl sites for hydroxylation is 1. The summed E-state index contributed by atoms with van der Waals surface area (Å²) in [7, 11) is 0. The zero-order chi connectivity index (χ0) is 11.2. The topological polar surface area (TPSA) is 0 Å². The van der Waals surface area contributed by atoms with Gasteiger partial charge in [0.1, 0.15) is 0 Å². The van der Waals surface area contributed by atoms with Crippen molar-refractivity contribution in [3.05, 3.63) is 66.2 Å². The maximum atomic E-state index is 3.91. The predicted octanol–water partition coefficient (Wildman–Crippen LogP) is 3.52. The van der Waals surface area contributed by atoms with Gasteiger partial charge in [-0.05, 0) is 0 Å². The van der Waals surface area contributed by atoms with Crippen LogP contribution in [0.25, 0.3) is 0 Å². The first-order chi connectivity index (χ1) is 7.86. The van der Waals surface area contributed by atoms with E-state index >= 15 is 0 Å². The Morgan fingerprint density at radius 1 is 0.812 bits per heavy atom. The zero-order valence-corrected chi connectivity index (χ0v) is 12.9. The van der Waals surface area contributed by atoms with E-state index in [0.717, 1.165) is 0 Å². The van der Waals surface area contributed by atoms with E-state index in [-0.39, 0.29) is 0 Å². The van der Waals surface area contributed by atoms with Crippen molar-refractivity contribution in [2.75, 3.05) is 0 Å². The molecule has 2 rings (SSSR count). The molecule has 0 amide bonds. The van der Waals surface area contributed by atoms with Gasteiger partial charge in [-0.3, -0.25) is 0 Å².